The van der Waals surface area contributed by atoms with Gasteiger partial charge in [-0.2, -0.15) is 0 Å². The number of likely N-dealkylation sites (N-methyl/N-ethyl adjacent to an activating group) is 1. The molecule has 0 amide bonds. The molecule has 1 aromatic carbocycles. The Kier molecular flexibility index (Phi) is 4.50. The third-order valence-corrected chi connectivity index (χ3v) is 4.13. The summed E-state index contributed by atoms with van der Waals surface area (Å²) in [4.78, 5) is 6.44. The van der Waals surface area contributed by atoms with Crippen LogP contribution in [-0.2, 0) is 6.54 Å². The molecule has 0 bridgehead atoms. The second-order valence-corrected chi connectivity index (χ2v) is 5.52. The van der Waals surface area contributed by atoms with Gasteiger partial charge in [0.15, 0.2) is 0 Å². The smallest absolute Gasteiger partial charge is 0.201 e. The Labute approximate surface area is 123 Å². The van der Waals surface area contributed by atoms with E-state index in [0.29, 0.717) is 24.1 Å². The number of aromatic nitrogens is 2. The van der Waals surface area contributed by atoms with E-state index in [9.17, 15) is 4.39 Å². The molecule has 20 heavy (non-hydrogen) atoms. The first-order chi connectivity index (χ1) is 9.43. The van der Waals surface area contributed by atoms with Crippen LogP contribution in [0.1, 0.15) is 20.3 Å². The van der Waals surface area contributed by atoms with E-state index in [0.717, 1.165) is 18.5 Å². The summed E-state index contributed by atoms with van der Waals surface area (Å²) in [5.41, 5.74) is 7.22. The normalized spacial score (nSPS) is 13.3. The Bertz CT molecular complexity index is 611. The zero-order chi connectivity index (χ0) is 14.9. The van der Waals surface area contributed by atoms with Crippen LogP contribution in [0.4, 0.5) is 10.3 Å². The van der Waals surface area contributed by atoms with E-state index >= 15 is 0 Å². The van der Waals surface area contributed by atoms with Crippen molar-refractivity contribution in [2.45, 2.75) is 32.9 Å². The minimum Gasteiger partial charge on any atom is -0.369 e. The molecule has 110 valence electrons. The Morgan fingerprint density at radius 1 is 1.50 bits per heavy atom. The van der Waals surface area contributed by atoms with Gasteiger partial charge in [0.25, 0.3) is 0 Å². The first-order valence-corrected chi connectivity index (χ1v) is 7.12. The van der Waals surface area contributed by atoms with E-state index in [4.69, 9.17) is 17.3 Å². The Morgan fingerprint density at radius 3 is 2.85 bits per heavy atom. The number of nitrogens with zero attached hydrogens (tertiary/aromatic N) is 3. The molecule has 1 aromatic heterocycles. The molecule has 1 unspecified atom stereocenters. The van der Waals surface area contributed by atoms with Crippen LogP contribution in [0.5, 0.6) is 0 Å². The van der Waals surface area contributed by atoms with Crippen LogP contribution < -0.4 is 5.73 Å². The maximum Gasteiger partial charge on any atom is 0.201 e. The van der Waals surface area contributed by atoms with Gasteiger partial charge in [0.1, 0.15) is 5.82 Å². The summed E-state index contributed by atoms with van der Waals surface area (Å²) < 4.78 is 15.3. The van der Waals surface area contributed by atoms with E-state index in [2.05, 4.69) is 30.8 Å². The fourth-order valence-corrected chi connectivity index (χ4v) is 2.32. The standard InChI is InChI=1S/C14H20ClFN4/c1-4-9(2)19(3)5-6-20-13-7-10(15)11(16)8-12(13)18-14(20)17/h7-9H,4-6H2,1-3H3,(H2,17,18). The molecule has 0 aliphatic carbocycles. The second-order valence-electron chi connectivity index (χ2n) is 5.11. The van der Waals surface area contributed by atoms with E-state index in [1.165, 1.54) is 6.07 Å². The number of halogens is 2. The quantitative estimate of drug-likeness (QED) is 0.922. The van der Waals surface area contributed by atoms with Crippen LogP contribution in [0.3, 0.4) is 0 Å². The molecule has 0 fully saturated rings. The van der Waals surface area contributed by atoms with Gasteiger partial charge in [0.05, 0.1) is 16.1 Å². The number of hydrogen-bond acceptors (Lipinski definition) is 3. The van der Waals surface area contributed by atoms with E-state index in [-0.39, 0.29) is 5.02 Å². The third-order valence-electron chi connectivity index (χ3n) is 3.84. The average molecular weight is 299 g/mol. The summed E-state index contributed by atoms with van der Waals surface area (Å²) >= 11 is 5.84. The zero-order valence-corrected chi connectivity index (χ0v) is 12.8. The van der Waals surface area contributed by atoms with Gasteiger partial charge in [-0.05, 0) is 26.5 Å². The Hall–Kier alpha value is -1.33. The summed E-state index contributed by atoms with van der Waals surface area (Å²) in [5.74, 6) is -0.0836. The molecule has 1 atom stereocenters. The summed E-state index contributed by atoms with van der Waals surface area (Å²) in [6.45, 7) is 5.89. The lowest BCUT2D eigenvalue weighted by molar-refractivity contribution is 0.244. The summed E-state index contributed by atoms with van der Waals surface area (Å²) in [6.07, 6.45) is 1.09. The third kappa shape index (κ3) is 2.88. The number of benzene rings is 1. The van der Waals surface area contributed by atoms with Gasteiger partial charge in [-0.15, -0.1) is 0 Å². The highest BCUT2D eigenvalue weighted by Crippen LogP contribution is 2.24. The molecule has 2 rings (SSSR count). The molecular weight excluding hydrogens is 279 g/mol. The number of anilines is 1. The fraction of sp³-hybridized carbons (Fsp3) is 0.500. The number of nitrogens with two attached hydrogens (primary N) is 1. The van der Waals surface area contributed by atoms with Crippen molar-refractivity contribution in [1.29, 1.82) is 0 Å². The maximum atomic E-state index is 13.4. The molecule has 0 aliphatic rings. The van der Waals surface area contributed by atoms with Crippen LogP contribution in [0, 0.1) is 5.82 Å². The molecule has 1 heterocycles. The molecular formula is C14H20ClFN4. The van der Waals surface area contributed by atoms with Crippen molar-refractivity contribution in [2.75, 3.05) is 19.3 Å². The minimum atomic E-state index is -0.472. The number of imidazole rings is 1. The van der Waals surface area contributed by atoms with Crippen molar-refractivity contribution >= 4 is 28.6 Å². The molecule has 0 radical (unpaired) electrons. The number of fused-ring (bicyclic) bond motifs is 1. The largest absolute Gasteiger partial charge is 0.369 e. The average Bonchev–Trinajstić information content (AvgIpc) is 2.71. The van der Waals surface area contributed by atoms with Gasteiger partial charge in [-0.1, -0.05) is 18.5 Å². The minimum absolute atomic E-state index is 0.0916. The molecule has 6 heteroatoms. The van der Waals surface area contributed by atoms with Gasteiger partial charge in [0, 0.05) is 25.2 Å². The number of nitrogen functional groups attached to an aromatic ring is 1. The molecule has 2 aromatic rings. The molecule has 0 spiro atoms. The predicted molar refractivity (Wildman–Crippen MR) is 81.5 cm³/mol. The predicted octanol–water partition coefficient (Wildman–Crippen LogP) is 3.14. The highest BCUT2D eigenvalue weighted by molar-refractivity contribution is 6.31. The van der Waals surface area contributed by atoms with Gasteiger partial charge >= 0.3 is 0 Å². The summed E-state index contributed by atoms with van der Waals surface area (Å²) in [5, 5.41) is 0.0916. The lowest BCUT2D eigenvalue weighted by atomic mass is 10.2. The number of rotatable bonds is 5. The van der Waals surface area contributed by atoms with Crippen molar-refractivity contribution in [3.05, 3.63) is 23.0 Å². The lowest BCUT2D eigenvalue weighted by Crippen LogP contribution is -2.31. The Morgan fingerprint density at radius 2 is 2.20 bits per heavy atom. The summed E-state index contributed by atoms with van der Waals surface area (Å²) in [7, 11) is 2.08. The van der Waals surface area contributed by atoms with Crippen LogP contribution in [0.2, 0.25) is 5.02 Å². The zero-order valence-electron chi connectivity index (χ0n) is 12.0. The van der Waals surface area contributed by atoms with E-state index < -0.39 is 5.82 Å². The molecule has 0 saturated heterocycles. The van der Waals surface area contributed by atoms with Crippen molar-refractivity contribution in [3.8, 4) is 0 Å². The highest BCUT2D eigenvalue weighted by atomic mass is 35.5. The van der Waals surface area contributed by atoms with E-state index in [1.807, 2.05) is 4.57 Å². The molecule has 2 N–H and O–H groups in total. The van der Waals surface area contributed by atoms with Crippen molar-refractivity contribution in [2.24, 2.45) is 0 Å². The number of hydrogen-bond donors (Lipinski definition) is 1. The fourth-order valence-electron chi connectivity index (χ4n) is 2.16. The first-order valence-electron chi connectivity index (χ1n) is 6.75. The topological polar surface area (TPSA) is 47.1 Å². The molecule has 0 saturated carbocycles. The van der Waals surface area contributed by atoms with Crippen molar-refractivity contribution in [1.82, 2.24) is 14.5 Å². The van der Waals surface area contributed by atoms with Gasteiger partial charge in [-0.3, -0.25) is 0 Å². The van der Waals surface area contributed by atoms with Gasteiger partial charge < -0.3 is 15.2 Å². The second kappa shape index (κ2) is 5.97. The van der Waals surface area contributed by atoms with Crippen LogP contribution in [-0.4, -0.2) is 34.1 Å². The summed E-state index contributed by atoms with van der Waals surface area (Å²) in [6, 6.07) is 3.41. The van der Waals surface area contributed by atoms with Crippen LogP contribution in [0.25, 0.3) is 11.0 Å². The van der Waals surface area contributed by atoms with Crippen LogP contribution >= 0.6 is 11.6 Å². The molecule has 0 aliphatic heterocycles. The monoisotopic (exact) mass is 298 g/mol. The first kappa shape index (κ1) is 15.1. The van der Waals surface area contributed by atoms with Gasteiger partial charge in [0.2, 0.25) is 5.95 Å². The SMILES string of the molecule is CCC(C)N(C)CCn1c(N)nc2cc(F)c(Cl)cc21. The van der Waals surface area contributed by atoms with Gasteiger partial charge in [-0.25, -0.2) is 9.37 Å². The lowest BCUT2D eigenvalue weighted by Gasteiger charge is -2.23. The van der Waals surface area contributed by atoms with E-state index in [1.54, 1.807) is 6.07 Å². The van der Waals surface area contributed by atoms with Crippen LogP contribution in [0.15, 0.2) is 12.1 Å². The maximum absolute atomic E-state index is 13.4. The highest BCUT2D eigenvalue weighted by Gasteiger charge is 2.13. The molecule has 4 nitrogen and oxygen atoms in total. The Balaban J connectivity index is 2.26. The van der Waals surface area contributed by atoms with Crippen molar-refractivity contribution in [3.63, 3.8) is 0 Å². The van der Waals surface area contributed by atoms with Crippen molar-refractivity contribution < 1.29 is 4.39 Å².